The Morgan fingerprint density at radius 1 is 1.29 bits per heavy atom. The molecule has 2 rings (SSSR count). The summed E-state index contributed by atoms with van der Waals surface area (Å²) in [5.74, 6) is 1.27. The van der Waals surface area contributed by atoms with Crippen LogP contribution in [-0.2, 0) is 4.79 Å². The number of alkyl halides is 2. The van der Waals surface area contributed by atoms with Gasteiger partial charge in [-0.05, 0) is 43.9 Å². The summed E-state index contributed by atoms with van der Waals surface area (Å²) < 4.78 is 26.3. The second-order valence-electron chi connectivity index (χ2n) is 7.58. The Labute approximate surface area is 148 Å². The lowest BCUT2D eigenvalue weighted by Gasteiger charge is -2.37. The van der Waals surface area contributed by atoms with Gasteiger partial charge in [0, 0.05) is 6.04 Å². The number of amides is 1. The SMILES string of the molecule is CC(C)CC(C)C1CCCCC1NC(=O)C1=C(C(F)F)NC(C)S1. The van der Waals surface area contributed by atoms with E-state index in [9.17, 15) is 13.6 Å². The Morgan fingerprint density at radius 2 is 1.96 bits per heavy atom. The average Bonchev–Trinajstić information content (AvgIpc) is 2.89. The molecule has 0 aromatic rings. The van der Waals surface area contributed by atoms with E-state index in [1.54, 1.807) is 6.92 Å². The van der Waals surface area contributed by atoms with Gasteiger partial charge >= 0.3 is 0 Å². The first-order valence-electron chi connectivity index (χ1n) is 9.06. The Bertz CT molecular complexity index is 482. The molecule has 0 spiro atoms. The van der Waals surface area contributed by atoms with Gasteiger partial charge in [0.25, 0.3) is 12.3 Å². The fourth-order valence-electron chi connectivity index (χ4n) is 4.06. The molecule has 1 aliphatic carbocycles. The van der Waals surface area contributed by atoms with Crippen molar-refractivity contribution < 1.29 is 13.6 Å². The van der Waals surface area contributed by atoms with E-state index in [4.69, 9.17) is 0 Å². The van der Waals surface area contributed by atoms with Crippen molar-refractivity contribution >= 4 is 17.7 Å². The van der Waals surface area contributed by atoms with Crippen molar-refractivity contribution in [2.75, 3.05) is 0 Å². The molecular formula is C18H30F2N2OS. The summed E-state index contributed by atoms with van der Waals surface area (Å²) in [4.78, 5) is 12.8. The van der Waals surface area contributed by atoms with Crippen molar-refractivity contribution in [2.45, 2.75) is 77.6 Å². The average molecular weight is 361 g/mol. The van der Waals surface area contributed by atoms with Crippen LogP contribution in [0.3, 0.4) is 0 Å². The van der Waals surface area contributed by atoms with Crippen LogP contribution in [0.25, 0.3) is 0 Å². The first-order chi connectivity index (χ1) is 11.3. The number of carbonyl (C=O) groups excluding carboxylic acids is 1. The summed E-state index contributed by atoms with van der Waals surface area (Å²) in [5, 5.41) is 5.61. The zero-order chi connectivity index (χ0) is 17.9. The molecule has 1 fully saturated rings. The minimum Gasteiger partial charge on any atom is -0.371 e. The molecule has 3 nitrogen and oxygen atoms in total. The maximum Gasteiger partial charge on any atom is 0.279 e. The number of halogens is 2. The number of hydrogen-bond donors (Lipinski definition) is 2. The first kappa shape index (κ1) is 19.5. The first-order valence-corrected chi connectivity index (χ1v) is 9.94. The highest BCUT2D eigenvalue weighted by atomic mass is 32.2. The van der Waals surface area contributed by atoms with Crippen LogP contribution in [0.5, 0.6) is 0 Å². The molecule has 4 atom stereocenters. The summed E-state index contributed by atoms with van der Waals surface area (Å²) in [6, 6.07) is 0.0999. The van der Waals surface area contributed by atoms with E-state index >= 15 is 0 Å². The van der Waals surface area contributed by atoms with Crippen LogP contribution in [0.4, 0.5) is 8.78 Å². The van der Waals surface area contributed by atoms with Gasteiger partial charge in [0.2, 0.25) is 0 Å². The Kier molecular flexibility index (Phi) is 6.96. The van der Waals surface area contributed by atoms with Gasteiger partial charge in [-0.25, -0.2) is 8.78 Å². The van der Waals surface area contributed by atoms with Crippen LogP contribution in [0.15, 0.2) is 10.6 Å². The van der Waals surface area contributed by atoms with Crippen molar-refractivity contribution in [3.8, 4) is 0 Å². The molecule has 4 unspecified atom stereocenters. The number of hydrogen-bond acceptors (Lipinski definition) is 3. The third-order valence-electron chi connectivity index (χ3n) is 5.03. The van der Waals surface area contributed by atoms with Crippen LogP contribution in [0.1, 0.15) is 59.8 Å². The van der Waals surface area contributed by atoms with Crippen LogP contribution >= 0.6 is 11.8 Å². The monoisotopic (exact) mass is 360 g/mol. The predicted molar refractivity (Wildman–Crippen MR) is 95.7 cm³/mol. The molecule has 6 heteroatoms. The lowest BCUT2D eigenvalue weighted by Crippen LogP contribution is -2.45. The zero-order valence-electron chi connectivity index (χ0n) is 15.1. The van der Waals surface area contributed by atoms with Crippen molar-refractivity contribution in [1.82, 2.24) is 10.6 Å². The largest absolute Gasteiger partial charge is 0.371 e. The van der Waals surface area contributed by atoms with E-state index in [0.717, 1.165) is 25.7 Å². The van der Waals surface area contributed by atoms with Crippen LogP contribution in [0, 0.1) is 17.8 Å². The summed E-state index contributed by atoms with van der Waals surface area (Å²) >= 11 is 1.20. The van der Waals surface area contributed by atoms with E-state index in [-0.39, 0.29) is 27.9 Å². The highest BCUT2D eigenvalue weighted by Gasteiger charge is 2.35. The Morgan fingerprint density at radius 3 is 2.58 bits per heavy atom. The van der Waals surface area contributed by atoms with Gasteiger partial charge in [0.1, 0.15) is 0 Å². The fraction of sp³-hybridized carbons (Fsp3) is 0.833. The lowest BCUT2D eigenvalue weighted by molar-refractivity contribution is -0.118. The molecule has 1 amide bonds. The summed E-state index contributed by atoms with van der Waals surface area (Å²) in [6.07, 6.45) is 2.85. The molecule has 24 heavy (non-hydrogen) atoms. The van der Waals surface area contributed by atoms with Crippen LogP contribution in [0.2, 0.25) is 0 Å². The number of nitrogens with one attached hydrogen (secondary N) is 2. The van der Waals surface area contributed by atoms with Gasteiger partial charge in [0.15, 0.2) is 0 Å². The van der Waals surface area contributed by atoms with Gasteiger partial charge in [-0.3, -0.25) is 4.79 Å². The van der Waals surface area contributed by atoms with Gasteiger partial charge in [-0.2, -0.15) is 0 Å². The maximum atomic E-state index is 13.1. The van der Waals surface area contributed by atoms with Crippen molar-refractivity contribution in [1.29, 1.82) is 0 Å². The minimum atomic E-state index is -2.63. The molecule has 0 radical (unpaired) electrons. The van der Waals surface area contributed by atoms with Gasteiger partial charge < -0.3 is 10.6 Å². The van der Waals surface area contributed by atoms with Crippen LogP contribution < -0.4 is 10.6 Å². The Hall–Kier alpha value is -0.780. The second-order valence-corrected chi connectivity index (χ2v) is 8.93. The van der Waals surface area contributed by atoms with E-state index in [1.807, 2.05) is 0 Å². The normalized spacial score (nSPS) is 29.1. The van der Waals surface area contributed by atoms with Gasteiger partial charge in [0.05, 0.1) is 16.0 Å². The summed E-state index contributed by atoms with van der Waals surface area (Å²) in [6.45, 7) is 8.48. The van der Waals surface area contributed by atoms with Crippen LogP contribution in [-0.4, -0.2) is 23.7 Å². The molecule has 0 aromatic carbocycles. The molecule has 1 saturated carbocycles. The zero-order valence-corrected chi connectivity index (χ0v) is 15.9. The Balaban J connectivity index is 2.06. The number of allylic oxidation sites excluding steroid dienone is 1. The predicted octanol–water partition coefficient (Wildman–Crippen LogP) is 4.50. The summed E-state index contributed by atoms with van der Waals surface area (Å²) in [5.41, 5.74) is -0.215. The van der Waals surface area contributed by atoms with Crippen molar-refractivity contribution in [2.24, 2.45) is 17.8 Å². The number of carbonyl (C=O) groups is 1. The molecule has 0 saturated heterocycles. The minimum absolute atomic E-state index is 0.0999. The highest BCUT2D eigenvalue weighted by Crippen LogP contribution is 2.36. The third kappa shape index (κ3) is 4.87. The molecule has 0 aromatic heterocycles. The smallest absolute Gasteiger partial charge is 0.279 e. The molecule has 2 aliphatic rings. The van der Waals surface area contributed by atoms with E-state index in [1.165, 1.54) is 18.2 Å². The summed E-state index contributed by atoms with van der Waals surface area (Å²) in [7, 11) is 0. The van der Waals surface area contributed by atoms with Crippen molar-refractivity contribution in [3.63, 3.8) is 0 Å². The van der Waals surface area contributed by atoms with E-state index in [0.29, 0.717) is 17.8 Å². The molecule has 0 bridgehead atoms. The van der Waals surface area contributed by atoms with E-state index in [2.05, 4.69) is 31.4 Å². The molecular weight excluding hydrogens is 330 g/mol. The topological polar surface area (TPSA) is 41.1 Å². The van der Waals surface area contributed by atoms with Gasteiger partial charge in [-0.1, -0.05) is 45.4 Å². The number of rotatable bonds is 6. The molecule has 1 aliphatic heterocycles. The molecule has 2 N–H and O–H groups in total. The van der Waals surface area contributed by atoms with E-state index < -0.39 is 6.43 Å². The van der Waals surface area contributed by atoms with Crippen molar-refractivity contribution in [3.05, 3.63) is 10.6 Å². The number of thioether (sulfide) groups is 1. The van der Waals surface area contributed by atoms with Gasteiger partial charge in [-0.15, -0.1) is 0 Å². The quantitative estimate of drug-likeness (QED) is 0.733. The molecule has 138 valence electrons. The fourth-order valence-corrected chi connectivity index (χ4v) is 5.04. The molecule has 1 heterocycles. The maximum absolute atomic E-state index is 13.1. The third-order valence-corrected chi connectivity index (χ3v) is 6.14. The second kappa shape index (κ2) is 8.54. The standard InChI is InChI=1S/C18H30F2N2OS/c1-10(2)9-11(3)13-7-5-6-8-14(13)22-18(23)16-15(17(19)20)21-12(4)24-16/h10-14,17,21H,5-9H2,1-4H3,(H,22,23). The highest BCUT2D eigenvalue weighted by molar-refractivity contribution is 8.04. The lowest BCUT2D eigenvalue weighted by atomic mass is 9.74.